The quantitative estimate of drug-likeness (QED) is 0.870. The van der Waals surface area contributed by atoms with Gasteiger partial charge in [0.1, 0.15) is 12.4 Å². The summed E-state index contributed by atoms with van der Waals surface area (Å²) in [5.41, 5.74) is 8.71. The van der Waals surface area contributed by atoms with Gasteiger partial charge in [-0.05, 0) is 36.8 Å². The summed E-state index contributed by atoms with van der Waals surface area (Å²) >= 11 is 3.48. The number of rotatable bonds is 3. The van der Waals surface area contributed by atoms with Gasteiger partial charge in [0.15, 0.2) is 0 Å². The van der Waals surface area contributed by atoms with E-state index in [0.717, 1.165) is 21.5 Å². The Morgan fingerprint density at radius 1 is 1.18 bits per heavy atom. The largest absolute Gasteiger partial charge is 0.489 e. The molecule has 0 radical (unpaired) electrons. The van der Waals surface area contributed by atoms with Crippen LogP contribution in [0.4, 0.5) is 5.69 Å². The Kier molecular flexibility index (Phi) is 3.69. The first kappa shape index (κ1) is 12.0. The molecule has 0 heterocycles. The minimum atomic E-state index is 0.532. The Morgan fingerprint density at radius 3 is 2.71 bits per heavy atom. The van der Waals surface area contributed by atoms with Gasteiger partial charge in [0.2, 0.25) is 0 Å². The monoisotopic (exact) mass is 291 g/mol. The molecule has 0 aromatic heterocycles. The van der Waals surface area contributed by atoms with Gasteiger partial charge in [-0.3, -0.25) is 0 Å². The number of anilines is 1. The molecule has 17 heavy (non-hydrogen) atoms. The summed E-state index contributed by atoms with van der Waals surface area (Å²) in [6.07, 6.45) is 0. The molecule has 0 saturated heterocycles. The van der Waals surface area contributed by atoms with E-state index in [1.165, 1.54) is 5.56 Å². The highest BCUT2D eigenvalue weighted by molar-refractivity contribution is 9.10. The molecule has 2 aromatic rings. The number of halogens is 1. The van der Waals surface area contributed by atoms with Crippen LogP contribution in [0.5, 0.6) is 5.75 Å². The van der Waals surface area contributed by atoms with Gasteiger partial charge in [-0.1, -0.05) is 34.1 Å². The van der Waals surface area contributed by atoms with Crippen molar-refractivity contribution in [1.29, 1.82) is 0 Å². The summed E-state index contributed by atoms with van der Waals surface area (Å²) in [5, 5.41) is 0. The van der Waals surface area contributed by atoms with Crippen LogP contribution in [0.3, 0.4) is 0 Å². The summed E-state index contributed by atoms with van der Waals surface area (Å²) in [6, 6.07) is 13.7. The third-order valence-electron chi connectivity index (χ3n) is 2.46. The lowest BCUT2D eigenvalue weighted by Gasteiger charge is -2.09. The third kappa shape index (κ3) is 3.24. The van der Waals surface area contributed by atoms with Gasteiger partial charge >= 0.3 is 0 Å². The molecule has 0 aliphatic carbocycles. The van der Waals surface area contributed by atoms with Crippen LogP contribution in [0.25, 0.3) is 0 Å². The maximum Gasteiger partial charge on any atom is 0.120 e. The van der Waals surface area contributed by atoms with E-state index in [4.69, 9.17) is 10.5 Å². The Balaban J connectivity index is 2.07. The van der Waals surface area contributed by atoms with Crippen LogP contribution in [-0.4, -0.2) is 0 Å². The van der Waals surface area contributed by atoms with E-state index >= 15 is 0 Å². The zero-order valence-electron chi connectivity index (χ0n) is 9.61. The van der Waals surface area contributed by atoms with Gasteiger partial charge in [-0.2, -0.15) is 0 Å². The van der Waals surface area contributed by atoms with Crippen molar-refractivity contribution >= 4 is 21.6 Å². The Hall–Kier alpha value is -1.48. The van der Waals surface area contributed by atoms with Crippen molar-refractivity contribution in [2.45, 2.75) is 13.5 Å². The Morgan fingerprint density at radius 2 is 2.00 bits per heavy atom. The Labute approximate surface area is 110 Å². The number of nitrogen functional groups attached to an aromatic ring is 1. The van der Waals surface area contributed by atoms with Crippen molar-refractivity contribution in [3.8, 4) is 5.75 Å². The van der Waals surface area contributed by atoms with Crippen LogP contribution in [0.1, 0.15) is 11.1 Å². The van der Waals surface area contributed by atoms with E-state index in [1.54, 1.807) is 0 Å². The fourth-order valence-electron chi connectivity index (χ4n) is 1.55. The fraction of sp³-hybridized carbons (Fsp3) is 0.143. The predicted octanol–water partition coefficient (Wildman–Crippen LogP) is 3.92. The molecule has 0 bridgehead atoms. The number of benzene rings is 2. The third-order valence-corrected chi connectivity index (χ3v) is 3.20. The maximum absolute atomic E-state index is 5.72. The molecule has 3 heteroatoms. The highest BCUT2D eigenvalue weighted by atomic mass is 79.9. The van der Waals surface area contributed by atoms with Crippen LogP contribution in [0, 0.1) is 6.92 Å². The van der Waals surface area contributed by atoms with Crippen molar-refractivity contribution in [2.75, 3.05) is 5.73 Å². The first-order valence-corrected chi connectivity index (χ1v) is 6.18. The molecule has 0 fully saturated rings. The molecule has 2 nitrogen and oxygen atoms in total. The first-order chi connectivity index (χ1) is 8.15. The summed E-state index contributed by atoms with van der Waals surface area (Å²) < 4.78 is 6.70. The summed E-state index contributed by atoms with van der Waals surface area (Å²) in [5.74, 6) is 0.883. The van der Waals surface area contributed by atoms with Crippen LogP contribution in [0.2, 0.25) is 0 Å². The first-order valence-electron chi connectivity index (χ1n) is 5.38. The zero-order valence-corrected chi connectivity index (χ0v) is 11.2. The van der Waals surface area contributed by atoms with Gasteiger partial charge in [0.25, 0.3) is 0 Å². The average molecular weight is 292 g/mol. The lowest BCUT2D eigenvalue weighted by molar-refractivity contribution is 0.305. The number of aryl methyl sites for hydroxylation is 1. The second kappa shape index (κ2) is 5.23. The van der Waals surface area contributed by atoms with Gasteiger partial charge in [-0.25, -0.2) is 0 Å². The molecule has 0 atom stereocenters. The van der Waals surface area contributed by atoms with Crippen LogP contribution in [-0.2, 0) is 6.61 Å². The van der Waals surface area contributed by atoms with Crippen LogP contribution < -0.4 is 10.5 Å². The molecule has 0 aliphatic heterocycles. The number of hydrogen-bond donors (Lipinski definition) is 1. The maximum atomic E-state index is 5.72. The molecule has 2 N–H and O–H groups in total. The summed E-state index contributed by atoms with van der Waals surface area (Å²) in [4.78, 5) is 0. The predicted molar refractivity (Wildman–Crippen MR) is 74.1 cm³/mol. The molecule has 0 unspecified atom stereocenters. The SMILES string of the molecule is Cc1cccc(OCc2ccc(N)cc2Br)c1. The second-order valence-electron chi connectivity index (χ2n) is 3.96. The van der Waals surface area contributed by atoms with Crippen LogP contribution in [0.15, 0.2) is 46.9 Å². The molecule has 2 rings (SSSR count). The number of ether oxygens (including phenoxy) is 1. The minimum absolute atomic E-state index is 0.532. The van der Waals surface area contributed by atoms with Gasteiger partial charge in [-0.15, -0.1) is 0 Å². The van der Waals surface area contributed by atoms with Gasteiger partial charge in [0.05, 0.1) is 0 Å². The van der Waals surface area contributed by atoms with Crippen molar-refractivity contribution in [1.82, 2.24) is 0 Å². The van der Waals surface area contributed by atoms with E-state index < -0.39 is 0 Å². The second-order valence-corrected chi connectivity index (χ2v) is 4.81. The van der Waals surface area contributed by atoms with E-state index in [2.05, 4.69) is 15.9 Å². The summed E-state index contributed by atoms with van der Waals surface area (Å²) in [6.45, 7) is 2.58. The normalized spacial score (nSPS) is 10.2. The number of nitrogens with two attached hydrogens (primary N) is 1. The molecule has 0 aliphatic rings. The topological polar surface area (TPSA) is 35.2 Å². The average Bonchev–Trinajstić information content (AvgIpc) is 2.28. The smallest absolute Gasteiger partial charge is 0.120 e. The molecular formula is C14H14BrNO. The fourth-order valence-corrected chi connectivity index (χ4v) is 2.06. The highest BCUT2D eigenvalue weighted by Gasteiger charge is 2.01. The van der Waals surface area contributed by atoms with E-state index in [1.807, 2.05) is 49.4 Å². The standard InChI is InChI=1S/C14H14BrNO/c1-10-3-2-4-13(7-10)17-9-11-5-6-12(16)8-14(11)15/h2-8H,9,16H2,1H3. The minimum Gasteiger partial charge on any atom is -0.489 e. The van der Waals surface area contributed by atoms with Crippen molar-refractivity contribution in [3.05, 3.63) is 58.1 Å². The van der Waals surface area contributed by atoms with Crippen molar-refractivity contribution in [3.63, 3.8) is 0 Å². The molecule has 0 amide bonds. The van der Waals surface area contributed by atoms with Gasteiger partial charge in [0, 0.05) is 15.7 Å². The van der Waals surface area contributed by atoms with Crippen LogP contribution >= 0.6 is 15.9 Å². The lowest BCUT2D eigenvalue weighted by atomic mass is 10.2. The molecule has 2 aromatic carbocycles. The zero-order chi connectivity index (χ0) is 12.3. The number of hydrogen-bond acceptors (Lipinski definition) is 2. The lowest BCUT2D eigenvalue weighted by Crippen LogP contribution is -1.97. The molecule has 88 valence electrons. The van der Waals surface area contributed by atoms with E-state index in [-0.39, 0.29) is 0 Å². The highest BCUT2D eigenvalue weighted by Crippen LogP contribution is 2.22. The molecule has 0 saturated carbocycles. The molecule has 0 spiro atoms. The Bertz CT molecular complexity index is 525. The van der Waals surface area contributed by atoms with E-state index in [9.17, 15) is 0 Å². The van der Waals surface area contributed by atoms with Crippen molar-refractivity contribution < 1.29 is 4.74 Å². The summed E-state index contributed by atoms with van der Waals surface area (Å²) in [7, 11) is 0. The molecular weight excluding hydrogens is 278 g/mol. The van der Waals surface area contributed by atoms with E-state index in [0.29, 0.717) is 6.61 Å². The van der Waals surface area contributed by atoms with Crippen molar-refractivity contribution in [2.24, 2.45) is 0 Å². The van der Waals surface area contributed by atoms with Gasteiger partial charge < -0.3 is 10.5 Å².